The minimum atomic E-state index is -3.87. The quantitative estimate of drug-likeness (QED) is 0.455. The number of carboxylic acids is 1. The van der Waals surface area contributed by atoms with Gasteiger partial charge in [0.25, 0.3) is 10.2 Å². The van der Waals surface area contributed by atoms with Crippen molar-refractivity contribution in [2.45, 2.75) is 25.3 Å². The van der Waals surface area contributed by atoms with Gasteiger partial charge in [-0.05, 0) is 19.3 Å². The van der Waals surface area contributed by atoms with Gasteiger partial charge in [-0.1, -0.05) is 0 Å². The van der Waals surface area contributed by atoms with Gasteiger partial charge in [-0.2, -0.15) is 17.4 Å². The number of carbonyl (C=O) groups is 2. The van der Waals surface area contributed by atoms with E-state index < -0.39 is 28.1 Å². The molecule has 9 nitrogen and oxygen atoms in total. The summed E-state index contributed by atoms with van der Waals surface area (Å²) in [5.41, 5.74) is 4.85. The smallest absolute Gasteiger partial charge is 0.322 e. The molecular weight excluding hydrogens is 290 g/mol. The van der Waals surface area contributed by atoms with E-state index >= 15 is 0 Å². The van der Waals surface area contributed by atoms with Crippen LogP contribution in [0.1, 0.15) is 19.3 Å². The van der Waals surface area contributed by atoms with E-state index in [0.29, 0.717) is 19.3 Å². The molecule has 0 spiro atoms. The molecule has 1 atom stereocenters. The van der Waals surface area contributed by atoms with Gasteiger partial charge in [0.15, 0.2) is 0 Å². The molecule has 1 rings (SSSR count). The van der Waals surface area contributed by atoms with Crippen LogP contribution in [0.3, 0.4) is 0 Å². The van der Waals surface area contributed by atoms with Crippen LogP contribution in [-0.2, 0) is 24.5 Å². The van der Waals surface area contributed by atoms with Gasteiger partial charge < -0.3 is 15.6 Å². The minimum absolute atomic E-state index is 0.0201. The van der Waals surface area contributed by atoms with Crippen molar-refractivity contribution in [1.82, 2.24) is 9.03 Å². The van der Waals surface area contributed by atoms with E-state index in [1.165, 1.54) is 0 Å². The average Bonchev–Trinajstić information content (AvgIpc) is 2.37. The Hall–Kier alpha value is -1.23. The Kier molecular flexibility index (Phi) is 6.33. The van der Waals surface area contributed by atoms with Crippen LogP contribution in [0.4, 0.5) is 0 Å². The standard InChI is InChI=1S/C10H19N3O6S/c11-9(14)7-19-6-4-12-20(17,18)13-5-2-1-3-8(13)10(15)16/h8,12H,1-7H2,(H2,11,14)(H,15,16). The second kappa shape index (κ2) is 7.53. The molecule has 1 amide bonds. The summed E-state index contributed by atoms with van der Waals surface area (Å²) in [6.45, 7) is -0.191. The highest BCUT2D eigenvalue weighted by molar-refractivity contribution is 7.87. The maximum Gasteiger partial charge on any atom is 0.322 e. The molecule has 0 radical (unpaired) electrons. The van der Waals surface area contributed by atoms with E-state index in [0.717, 1.165) is 4.31 Å². The van der Waals surface area contributed by atoms with Crippen LogP contribution >= 0.6 is 0 Å². The molecule has 4 N–H and O–H groups in total. The molecule has 1 heterocycles. The minimum Gasteiger partial charge on any atom is -0.480 e. The normalized spacial score (nSPS) is 20.7. The summed E-state index contributed by atoms with van der Waals surface area (Å²) in [6, 6.07) is -1.03. The fraction of sp³-hybridized carbons (Fsp3) is 0.800. The van der Waals surface area contributed by atoms with Crippen molar-refractivity contribution in [1.29, 1.82) is 0 Å². The Balaban J connectivity index is 2.49. The van der Waals surface area contributed by atoms with Crippen molar-refractivity contribution in [3.63, 3.8) is 0 Å². The fourth-order valence-electron chi connectivity index (χ4n) is 1.94. The molecule has 0 aromatic rings. The molecular formula is C10H19N3O6S. The van der Waals surface area contributed by atoms with Gasteiger partial charge in [-0.3, -0.25) is 9.59 Å². The number of nitrogens with one attached hydrogen (secondary N) is 1. The summed E-state index contributed by atoms with van der Waals surface area (Å²) in [5, 5.41) is 9.03. The first-order chi connectivity index (χ1) is 9.34. The second-order valence-corrected chi connectivity index (χ2v) is 6.09. The van der Waals surface area contributed by atoms with Crippen molar-refractivity contribution in [2.75, 3.05) is 26.3 Å². The van der Waals surface area contributed by atoms with E-state index in [2.05, 4.69) is 4.72 Å². The van der Waals surface area contributed by atoms with Crippen molar-refractivity contribution in [3.05, 3.63) is 0 Å². The zero-order valence-electron chi connectivity index (χ0n) is 10.9. The van der Waals surface area contributed by atoms with E-state index in [1.54, 1.807) is 0 Å². The number of carbonyl (C=O) groups excluding carboxylic acids is 1. The van der Waals surface area contributed by atoms with Gasteiger partial charge >= 0.3 is 5.97 Å². The van der Waals surface area contributed by atoms with Gasteiger partial charge in [-0.15, -0.1) is 0 Å². The van der Waals surface area contributed by atoms with Crippen LogP contribution in [0.5, 0.6) is 0 Å². The third-order valence-corrected chi connectivity index (χ3v) is 4.45. The van der Waals surface area contributed by atoms with E-state index in [-0.39, 0.29) is 26.3 Å². The number of primary amides is 1. The van der Waals surface area contributed by atoms with Crippen LogP contribution in [0.15, 0.2) is 0 Å². The molecule has 0 aromatic carbocycles. The van der Waals surface area contributed by atoms with E-state index in [1.807, 2.05) is 0 Å². The Labute approximate surface area is 117 Å². The Morgan fingerprint density at radius 2 is 2.10 bits per heavy atom. The number of nitrogens with two attached hydrogens (primary N) is 1. The van der Waals surface area contributed by atoms with Gasteiger partial charge in [0.1, 0.15) is 12.6 Å². The largest absolute Gasteiger partial charge is 0.480 e. The summed E-state index contributed by atoms with van der Waals surface area (Å²) >= 11 is 0. The summed E-state index contributed by atoms with van der Waals surface area (Å²) in [4.78, 5) is 21.5. The van der Waals surface area contributed by atoms with Gasteiger partial charge in [-0.25, -0.2) is 0 Å². The molecule has 0 aromatic heterocycles. The lowest BCUT2D eigenvalue weighted by Crippen LogP contribution is -2.52. The van der Waals surface area contributed by atoms with Crippen LogP contribution in [0.25, 0.3) is 0 Å². The summed E-state index contributed by atoms with van der Waals surface area (Å²) < 4.78 is 32.0. The lowest BCUT2D eigenvalue weighted by atomic mass is 10.1. The highest BCUT2D eigenvalue weighted by atomic mass is 32.2. The number of hydrogen-bond donors (Lipinski definition) is 3. The van der Waals surface area contributed by atoms with Crippen LogP contribution < -0.4 is 10.5 Å². The molecule has 116 valence electrons. The monoisotopic (exact) mass is 309 g/mol. The number of piperidine rings is 1. The van der Waals surface area contributed by atoms with Crippen LogP contribution in [0, 0.1) is 0 Å². The predicted molar refractivity (Wildman–Crippen MR) is 68.9 cm³/mol. The lowest BCUT2D eigenvalue weighted by Gasteiger charge is -2.31. The fourth-order valence-corrected chi connectivity index (χ4v) is 3.35. The number of hydrogen-bond acceptors (Lipinski definition) is 5. The third kappa shape index (κ3) is 5.04. The molecule has 0 bridgehead atoms. The highest BCUT2D eigenvalue weighted by Crippen LogP contribution is 2.19. The van der Waals surface area contributed by atoms with Crippen molar-refractivity contribution < 1.29 is 27.9 Å². The third-order valence-electron chi connectivity index (χ3n) is 2.82. The first-order valence-corrected chi connectivity index (χ1v) is 7.64. The topological polar surface area (TPSA) is 139 Å². The number of nitrogens with zero attached hydrogens (tertiary/aromatic N) is 1. The Morgan fingerprint density at radius 1 is 1.40 bits per heavy atom. The molecule has 10 heteroatoms. The molecule has 0 saturated carbocycles. The summed E-state index contributed by atoms with van der Waals surface area (Å²) in [7, 11) is -3.87. The lowest BCUT2D eigenvalue weighted by molar-refractivity contribution is -0.142. The number of ether oxygens (including phenoxy) is 1. The molecule has 20 heavy (non-hydrogen) atoms. The van der Waals surface area contributed by atoms with Crippen molar-refractivity contribution >= 4 is 22.1 Å². The van der Waals surface area contributed by atoms with Crippen LogP contribution in [-0.4, -0.2) is 62.1 Å². The van der Waals surface area contributed by atoms with Crippen molar-refractivity contribution in [2.24, 2.45) is 5.73 Å². The van der Waals surface area contributed by atoms with Gasteiger partial charge in [0, 0.05) is 13.1 Å². The SMILES string of the molecule is NC(=O)COCCNS(=O)(=O)N1CCCCC1C(=O)O. The number of rotatable bonds is 8. The number of carboxylic acid groups (broad SMARTS) is 1. The Morgan fingerprint density at radius 3 is 2.70 bits per heavy atom. The average molecular weight is 309 g/mol. The molecule has 1 saturated heterocycles. The van der Waals surface area contributed by atoms with Crippen molar-refractivity contribution in [3.8, 4) is 0 Å². The molecule has 1 aliphatic rings. The maximum atomic E-state index is 12.0. The molecule has 1 unspecified atom stereocenters. The molecule has 1 aliphatic heterocycles. The second-order valence-electron chi connectivity index (χ2n) is 4.38. The Bertz CT molecular complexity index is 452. The molecule has 1 fully saturated rings. The van der Waals surface area contributed by atoms with E-state index in [4.69, 9.17) is 15.6 Å². The van der Waals surface area contributed by atoms with Gasteiger partial charge in [0.2, 0.25) is 5.91 Å². The molecule has 0 aliphatic carbocycles. The van der Waals surface area contributed by atoms with Crippen LogP contribution in [0.2, 0.25) is 0 Å². The number of amides is 1. The number of aliphatic carboxylic acids is 1. The zero-order valence-corrected chi connectivity index (χ0v) is 11.8. The maximum absolute atomic E-state index is 12.0. The summed E-state index contributed by atoms with van der Waals surface area (Å²) in [5.74, 6) is -1.80. The predicted octanol–water partition coefficient (Wildman–Crippen LogP) is -1.74. The first kappa shape index (κ1) is 16.8. The highest BCUT2D eigenvalue weighted by Gasteiger charge is 2.36. The van der Waals surface area contributed by atoms with E-state index in [9.17, 15) is 18.0 Å². The first-order valence-electron chi connectivity index (χ1n) is 6.20. The summed E-state index contributed by atoms with van der Waals surface area (Å²) in [6.07, 6.45) is 1.61. The van der Waals surface area contributed by atoms with Gasteiger partial charge in [0.05, 0.1) is 6.61 Å². The zero-order chi connectivity index (χ0) is 15.2.